The molecule has 5 heteroatoms. The zero-order valence-electron chi connectivity index (χ0n) is 11.8. The summed E-state index contributed by atoms with van der Waals surface area (Å²) in [7, 11) is 0. The van der Waals surface area contributed by atoms with Gasteiger partial charge in [-0.1, -0.05) is 32.9 Å². The van der Waals surface area contributed by atoms with E-state index in [1.807, 2.05) is 12.1 Å². The third-order valence-electron chi connectivity index (χ3n) is 2.93. The summed E-state index contributed by atoms with van der Waals surface area (Å²) in [5, 5.41) is 15.3. The van der Waals surface area contributed by atoms with Crippen molar-refractivity contribution in [3.63, 3.8) is 0 Å². The van der Waals surface area contributed by atoms with Crippen LogP contribution in [-0.4, -0.2) is 26.8 Å². The molecule has 0 saturated carbocycles. The predicted octanol–water partition coefficient (Wildman–Crippen LogP) is 1.97. The van der Waals surface area contributed by atoms with Gasteiger partial charge in [-0.15, -0.1) is 5.10 Å². The fourth-order valence-electron chi connectivity index (χ4n) is 1.90. The number of rotatable bonds is 6. The van der Waals surface area contributed by atoms with Gasteiger partial charge in [-0.25, -0.2) is 0 Å². The minimum Gasteiger partial charge on any atom is -0.310 e. The topological polar surface area (TPSA) is 55.6 Å². The largest absolute Gasteiger partial charge is 0.310 e. The Morgan fingerprint density at radius 2 is 2.16 bits per heavy atom. The van der Waals surface area contributed by atoms with Gasteiger partial charge in [0.25, 0.3) is 0 Å². The molecule has 19 heavy (non-hydrogen) atoms. The Balaban J connectivity index is 2.14. The predicted molar refractivity (Wildman–Crippen MR) is 75.1 cm³/mol. The minimum absolute atomic E-state index is 0.618. The molecule has 0 aliphatic heterocycles. The van der Waals surface area contributed by atoms with Gasteiger partial charge in [-0.05, 0) is 47.0 Å². The van der Waals surface area contributed by atoms with Gasteiger partial charge >= 0.3 is 0 Å². The molecule has 0 radical (unpaired) electrons. The molecule has 1 heterocycles. The lowest BCUT2D eigenvalue weighted by Gasteiger charge is -2.08. The summed E-state index contributed by atoms with van der Waals surface area (Å²) in [6.45, 7) is 8.15. The summed E-state index contributed by atoms with van der Waals surface area (Å²) in [4.78, 5) is 0. The van der Waals surface area contributed by atoms with Crippen molar-refractivity contribution in [3.05, 3.63) is 35.7 Å². The maximum atomic E-state index is 4.08. The van der Waals surface area contributed by atoms with Gasteiger partial charge < -0.3 is 5.32 Å². The van der Waals surface area contributed by atoms with Gasteiger partial charge in [0.05, 0.1) is 12.2 Å². The molecule has 0 spiro atoms. The lowest BCUT2D eigenvalue weighted by molar-refractivity contribution is 0.537. The zero-order chi connectivity index (χ0) is 13.7. The molecule has 1 aromatic carbocycles. The van der Waals surface area contributed by atoms with Gasteiger partial charge in [0.2, 0.25) is 0 Å². The lowest BCUT2D eigenvalue weighted by Crippen LogP contribution is -2.21. The summed E-state index contributed by atoms with van der Waals surface area (Å²) in [6.07, 6.45) is 1.01. The van der Waals surface area contributed by atoms with Gasteiger partial charge in [-0.2, -0.15) is 4.68 Å². The maximum absolute atomic E-state index is 4.08. The lowest BCUT2D eigenvalue weighted by atomic mass is 10.1. The van der Waals surface area contributed by atoms with Crippen molar-refractivity contribution in [2.45, 2.75) is 33.7 Å². The number of nitrogens with zero attached hydrogens (tertiary/aromatic N) is 4. The number of hydrogen-bond donors (Lipinski definition) is 1. The Labute approximate surface area is 114 Å². The van der Waals surface area contributed by atoms with Crippen molar-refractivity contribution in [1.82, 2.24) is 25.5 Å². The van der Waals surface area contributed by atoms with E-state index in [4.69, 9.17) is 0 Å². The SMILES string of the molecule is CCc1cccc(-n2nnnc2CNCC(C)C)c1. The fraction of sp³-hybridized carbons (Fsp3) is 0.500. The van der Waals surface area contributed by atoms with Crippen molar-refractivity contribution in [1.29, 1.82) is 0 Å². The second kappa shape index (κ2) is 6.43. The summed E-state index contributed by atoms with van der Waals surface area (Å²) in [5.74, 6) is 1.46. The third-order valence-corrected chi connectivity index (χ3v) is 2.93. The second-order valence-electron chi connectivity index (χ2n) is 5.06. The number of nitrogens with one attached hydrogen (secondary N) is 1. The quantitative estimate of drug-likeness (QED) is 0.861. The molecule has 5 nitrogen and oxygen atoms in total. The molecular weight excluding hydrogens is 238 g/mol. The Bertz CT molecular complexity index is 518. The van der Waals surface area contributed by atoms with Gasteiger partial charge in [0, 0.05) is 0 Å². The van der Waals surface area contributed by atoms with Crippen LogP contribution in [0.1, 0.15) is 32.2 Å². The average Bonchev–Trinajstić information content (AvgIpc) is 2.87. The Kier molecular flexibility index (Phi) is 4.63. The van der Waals surface area contributed by atoms with Crippen LogP contribution in [0.2, 0.25) is 0 Å². The van der Waals surface area contributed by atoms with Crippen LogP contribution in [0.5, 0.6) is 0 Å². The first kappa shape index (κ1) is 13.7. The summed E-state index contributed by atoms with van der Waals surface area (Å²) >= 11 is 0. The first-order valence-electron chi connectivity index (χ1n) is 6.78. The molecular formula is C14H21N5. The third kappa shape index (κ3) is 3.61. The highest BCUT2D eigenvalue weighted by Crippen LogP contribution is 2.11. The Morgan fingerprint density at radius 1 is 1.32 bits per heavy atom. The highest BCUT2D eigenvalue weighted by Gasteiger charge is 2.08. The number of tetrazole rings is 1. The van der Waals surface area contributed by atoms with Crippen molar-refractivity contribution in [2.24, 2.45) is 5.92 Å². The second-order valence-corrected chi connectivity index (χ2v) is 5.06. The molecule has 0 amide bonds. The molecule has 2 rings (SSSR count). The van der Waals surface area contributed by atoms with Crippen LogP contribution < -0.4 is 5.32 Å². The van der Waals surface area contributed by atoms with Crippen LogP contribution in [0.25, 0.3) is 5.69 Å². The van der Waals surface area contributed by atoms with Crippen LogP contribution in [0.15, 0.2) is 24.3 Å². The number of hydrogen-bond acceptors (Lipinski definition) is 4. The van der Waals surface area contributed by atoms with E-state index in [0.717, 1.165) is 24.5 Å². The van der Waals surface area contributed by atoms with Crippen LogP contribution in [-0.2, 0) is 13.0 Å². The molecule has 1 N–H and O–H groups in total. The van der Waals surface area contributed by atoms with E-state index in [1.165, 1.54) is 5.56 Å². The summed E-state index contributed by atoms with van der Waals surface area (Å²) in [6, 6.07) is 8.31. The van der Waals surface area contributed by atoms with Crippen LogP contribution in [0.3, 0.4) is 0 Å². The van der Waals surface area contributed by atoms with E-state index in [-0.39, 0.29) is 0 Å². The molecule has 0 unspecified atom stereocenters. The molecule has 0 saturated heterocycles. The first-order valence-corrected chi connectivity index (χ1v) is 6.78. The van der Waals surface area contributed by atoms with Gasteiger partial charge in [-0.3, -0.25) is 0 Å². The summed E-state index contributed by atoms with van der Waals surface area (Å²) < 4.78 is 1.80. The minimum atomic E-state index is 0.618. The molecule has 0 aliphatic rings. The smallest absolute Gasteiger partial charge is 0.170 e. The average molecular weight is 259 g/mol. The monoisotopic (exact) mass is 259 g/mol. The van der Waals surface area contributed by atoms with E-state index < -0.39 is 0 Å². The Hall–Kier alpha value is -1.75. The molecule has 0 atom stereocenters. The van der Waals surface area contributed by atoms with Crippen LogP contribution in [0.4, 0.5) is 0 Å². The molecule has 102 valence electrons. The molecule has 2 aromatic rings. The number of aryl methyl sites for hydroxylation is 1. The summed E-state index contributed by atoms with van der Waals surface area (Å²) in [5.41, 5.74) is 2.31. The van der Waals surface area contributed by atoms with E-state index in [2.05, 4.69) is 53.7 Å². The molecule has 0 aliphatic carbocycles. The van der Waals surface area contributed by atoms with Crippen LogP contribution >= 0.6 is 0 Å². The van der Waals surface area contributed by atoms with E-state index in [9.17, 15) is 0 Å². The van der Waals surface area contributed by atoms with Crippen molar-refractivity contribution in [3.8, 4) is 5.69 Å². The molecule has 1 aromatic heterocycles. The van der Waals surface area contributed by atoms with Crippen LogP contribution in [0, 0.1) is 5.92 Å². The number of benzene rings is 1. The van der Waals surface area contributed by atoms with E-state index >= 15 is 0 Å². The standard InChI is InChI=1S/C14H21N5/c1-4-12-6-5-7-13(8-12)19-14(16-17-18-19)10-15-9-11(2)3/h5-8,11,15H,4,9-10H2,1-3H3. The van der Waals surface area contributed by atoms with Gasteiger partial charge in [0.15, 0.2) is 5.82 Å². The number of aromatic nitrogens is 4. The van der Waals surface area contributed by atoms with E-state index in [1.54, 1.807) is 4.68 Å². The van der Waals surface area contributed by atoms with Crippen molar-refractivity contribution < 1.29 is 0 Å². The van der Waals surface area contributed by atoms with Crippen molar-refractivity contribution in [2.75, 3.05) is 6.54 Å². The highest BCUT2D eigenvalue weighted by molar-refractivity contribution is 5.35. The molecule has 0 fully saturated rings. The normalized spacial score (nSPS) is 11.2. The maximum Gasteiger partial charge on any atom is 0.170 e. The first-order chi connectivity index (χ1) is 9.20. The Morgan fingerprint density at radius 3 is 2.89 bits per heavy atom. The highest BCUT2D eigenvalue weighted by atomic mass is 15.5. The van der Waals surface area contributed by atoms with E-state index in [0.29, 0.717) is 12.5 Å². The zero-order valence-corrected chi connectivity index (χ0v) is 11.8. The van der Waals surface area contributed by atoms with Crippen molar-refractivity contribution >= 4 is 0 Å². The molecule has 0 bridgehead atoms. The van der Waals surface area contributed by atoms with Gasteiger partial charge in [0.1, 0.15) is 0 Å². The fourth-order valence-corrected chi connectivity index (χ4v) is 1.90.